The lowest BCUT2D eigenvalue weighted by atomic mass is 10.2. The van der Waals surface area contributed by atoms with Crippen LogP contribution in [0.3, 0.4) is 0 Å². The number of carbonyl (C=O) groups excluding carboxylic acids is 3. The summed E-state index contributed by atoms with van der Waals surface area (Å²) in [5, 5.41) is 6.72. The monoisotopic (exact) mass is 421 g/mol. The first-order valence-electron chi connectivity index (χ1n) is 8.78. The number of anilines is 1. The van der Waals surface area contributed by atoms with Crippen LogP contribution in [-0.4, -0.2) is 24.0 Å². The number of hydrazone groups is 1. The Kier molecular flexibility index (Phi) is 6.91. The van der Waals surface area contributed by atoms with Crippen molar-refractivity contribution >= 4 is 41.3 Å². The molecule has 0 atom stereocenters. The van der Waals surface area contributed by atoms with Crippen molar-refractivity contribution in [3.63, 3.8) is 0 Å². The van der Waals surface area contributed by atoms with Crippen LogP contribution in [0.5, 0.6) is 5.75 Å². The van der Waals surface area contributed by atoms with Gasteiger partial charge in [0, 0.05) is 10.7 Å². The summed E-state index contributed by atoms with van der Waals surface area (Å²) in [6.45, 7) is 0. The molecule has 3 rings (SSSR count). The van der Waals surface area contributed by atoms with E-state index >= 15 is 0 Å². The second kappa shape index (κ2) is 9.99. The summed E-state index contributed by atoms with van der Waals surface area (Å²) in [6.07, 6.45) is 1.33. The maximum absolute atomic E-state index is 12.2. The van der Waals surface area contributed by atoms with Crippen LogP contribution < -0.4 is 15.5 Å². The molecule has 0 radical (unpaired) electrons. The van der Waals surface area contributed by atoms with Gasteiger partial charge in [-0.2, -0.15) is 5.10 Å². The number of nitrogens with zero attached hydrogens (tertiary/aromatic N) is 1. The summed E-state index contributed by atoms with van der Waals surface area (Å²) < 4.78 is 5.32. The Balaban J connectivity index is 1.56. The van der Waals surface area contributed by atoms with Crippen LogP contribution in [0.25, 0.3) is 0 Å². The van der Waals surface area contributed by atoms with Crippen LogP contribution in [0.15, 0.2) is 84.0 Å². The lowest BCUT2D eigenvalue weighted by Gasteiger charge is -2.05. The summed E-state index contributed by atoms with van der Waals surface area (Å²) in [6, 6.07) is 21.4. The standard InChI is InChI=1S/C22H16ClN3O4/c23-17-11-9-16(10-12-17)22(29)30-19-8-4-5-15(13-19)14-24-26-21(28)20(27)25-18-6-2-1-3-7-18/h1-14H,(H,25,27)(H,26,28)/b24-14+. The van der Waals surface area contributed by atoms with Crippen molar-refractivity contribution in [3.8, 4) is 5.75 Å². The average Bonchev–Trinajstić information content (AvgIpc) is 2.75. The molecule has 0 aliphatic heterocycles. The molecule has 0 heterocycles. The van der Waals surface area contributed by atoms with Crippen LogP contribution >= 0.6 is 11.6 Å². The molecule has 2 N–H and O–H groups in total. The molecule has 150 valence electrons. The number of ether oxygens (including phenoxy) is 1. The quantitative estimate of drug-likeness (QED) is 0.216. The molecule has 0 saturated heterocycles. The number of carbonyl (C=O) groups is 3. The Hall–Kier alpha value is -3.97. The van der Waals surface area contributed by atoms with Crippen LogP contribution in [0, 0.1) is 0 Å². The van der Waals surface area contributed by atoms with Gasteiger partial charge in [0.05, 0.1) is 11.8 Å². The molecule has 7 nitrogen and oxygen atoms in total. The number of benzene rings is 3. The van der Waals surface area contributed by atoms with Gasteiger partial charge in [-0.1, -0.05) is 41.9 Å². The van der Waals surface area contributed by atoms with Gasteiger partial charge >= 0.3 is 17.8 Å². The first-order valence-corrected chi connectivity index (χ1v) is 9.16. The third kappa shape index (κ3) is 6.02. The summed E-state index contributed by atoms with van der Waals surface area (Å²) in [4.78, 5) is 35.8. The van der Waals surface area contributed by atoms with E-state index in [0.29, 0.717) is 27.6 Å². The predicted molar refractivity (Wildman–Crippen MR) is 114 cm³/mol. The van der Waals surface area contributed by atoms with Gasteiger partial charge in [0.1, 0.15) is 5.75 Å². The van der Waals surface area contributed by atoms with Gasteiger partial charge in [-0.15, -0.1) is 0 Å². The molecule has 0 aliphatic rings. The highest BCUT2D eigenvalue weighted by atomic mass is 35.5. The Bertz CT molecular complexity index is 1080. The highest BCUT2D eigenvalue weighted by Crippen LogP contribution is 2.16. The minimum atomic E-state index is -0.916. The number of rotatable bonds is 5. The zero-order valence-electron chi connectivity index (χ0n) is 15.5. The number of nitrogens with one attached hydrogen (secondary N) is 2. The highest BCUT2D eigenvalue weighted by molar-refractivity contribution is 6.39. The highest BCUT2D eigenvalue weighted by Gasteiger charge is 2.12. The fourth-order valence-electron chi connectivity index (χ4n) is 2.34. The third-order valence-corrected chi connectivity index (χ3v) is 4.02. The smallest absolute Gasteiger partial charge is 0.343 e. The lowest BCUT2D eigenvalue weighted by molar-refractivity contribution is -0.136. The van der Waals surface area contributed by atoms with Gasteiger partial charge in [-0.3, -0.25) is 9.59 Å². The van der Waals surface area contributed by atoms with Crippen molar-refractivity contribution in [3.05, 3.63) is 95.0 Å². The van der Waals surface area contributed by atoms with E-state index in [4.69, 9.17) is 16.3 Å². The van der Waals surface area contributed by atoms with Crippen LogP contribution in [0.4, 0.5) is 5.69 Å². The largest absolute Gasteiger partial charge is 0.423 e. The molecule has 8 heteroatoms. The van der Waals surface area contributed by atoms with Gasteiger partial charge < -0.3 is 10.1 Å². The molecule has 30 heavy (non-hydrogen) atoms. The molecule has 3 aromatic rings. The number of amides is 2. The van der Waals surface area contributed by atoms with Crippen molar-refractivity contribution in [2.24, 2.45) is 5.10 Å². The summed E-state index contributed by atoms with van der Waals surface area (Å²) in [5.74, 6) is -2.00. The maximum atomic E-state index is 12.2. The molecular weight excluding hydrogens is 406 g/mol. The van der Waals surface area contributed by atoms with Crippen LogP contribution in [0.1, 0.15) is 15.9 Å². The van der Waals surface area contributed by atoms with E-state index in [1.807, 2.05) is 0 Å². The zero-order valence-corrected chi connectivity index (χ0v) is 16.3. The van der Waals surface area contributed by atoms with Crippen molar-refractivity contribution in [2.75, 3.05) is 5.32 Å². The zero-order chi connectivity index (χ0) is 21.3. The molecule has 2 amide bonds. The van der Waals surface area contributed by atoms with Gasteiger partial charge in [0.25, 0.3) is 0 Å². The van der Waals surface area contributed by atoms with Crippen LogP contribution in [0.2, 0.25) is 5.02 Å². The second-order valence-electron chi connectivity index (χ2n) is 5.99. The molecule has 3 aromatic carbocycles. The maximum Gasteiger partial charge on any atom is 0.343 e. The number of para-hydroxylation sites is 1. The van der Waals surface area contributed by atoms with E-state index < -0.39 is 17.8 Å². The normalized spacial score (nSPS) is 10.4. The third-order valence-electron chi connectivity index (χ3n) is 3.77. The van der Waals surface area contributed by atoms with Crippen molar-refractivity contribution in [2.45, 2.75) is 0 Å². The summed E-state index contributed by atoms with van der Waals surface area (Å²) in [5.41, 5.74) is 3.55. The van der Waals surface area contributed by atoms with Gasteiger partial charge in [-0.25, -0.2) is 10.2 Å². The minimum absolute atomic E-state index is 0.298. The van der Waals surface area contributed by atoms with E-state index in [0.717, 1.165) is 0 Å². The molecule has 0 unspecified atom stereocenters. The predicted octanol–water partition coefficient (Wildman–Crippen LogP) is 3.65. The molecule has 0 spiro atoms. The van der Waals surface area contributed by atoms with E-state index in [1.165, 1.54) is 6.21 Å². The summed E-state index contributed by atoms with van der Waals surface area (Å²) in [7, 11) is 0. The van der Waals surface area contributed by atoms with Crippen molar-refractivity contribution in [1.29, 1.82) is 0 Å². The number of halogens is 1. The molecule has 0 bridgehead atoms. The van der Waals surface area contributed by atoms with Gasteiger partial charge in [0.15, 0.2) is 0 Å². The Morgan fingerprint density at radius 2 is 1.60 bits per heavy atom. The average molecular weight is 422 g/mol. The molecular formula is C22H16ClN3O4. The van der Waals surface area contributed by atoms with E-state index in [2.05, 4.69) is 15.8 Å². The minimum Gasteiger partial charge on any atom is -0.423 e. The lowest BCUT2D eigenvalue weighted by Crippen LogP contribution is -2.32. The topological polar surface area (TPSA) is 96.9 Å². The van der Waals surface area contributed by atoms with E-state index in [-0.39, 0.29) is 0 Å². The van der Waals surface area contributed by atoms with E-state index in [9.17, 15) is 14.4 Å². The first kappa shape index (κ1) is 20.8. The van der Waals surface area contributed by atoms with Gasteiger partial charge in [-0.05, 0) is 54.1 Å². The van der Waals surface area contributed by atoms with Crippen molar-refractivity contribution < 1.29 is 19.1 Å². The summed E-state index contributed by atoms with van der Waals surface area (Å²) >= 11 is 5.81. The fourth-order valence-corrected chi connectivity index (χ4v) is 2.46. The van der Waals surface area contributed by atoms with Gasteiger partial charge in [0.2, 0.25) is 0 Å². The fraction of sp³-hybridized carbons (Fsp3) is 0. The molecule has 0 fully saturated rings. The number of hydrogen-bond donors (Lipinski definition) is 2. The van der Waals surface area contributed by atoms with Crippen LogP contribution in [-0.2, 0) is 9.59 Å². The molecule has 0 saturated carbocycles. The second-order valence-corrected chi connectivity index (χ2v) is 6.42. The first-order chi connectivity index (χ1) is 14.5. The Morgan fingerprint density at radius 3 is 2.33 bits per heavy atom. The number of hydrogen-bond acceptors (Lipinski definition) is 5. The number of esters is 1. The van der Waals surface area contributed by atoms with Crippen molar-refractivity contribution in [1.82, 2.24) is 5.43 Å². The molecule has 0 aliphatic carbocycles. The SMILES string of the molecule is O=C(N/N=C/c1cccc(OC(=O)c2ccc(Cl)cc2)c1)C(=O)Nc1ccccc1. The Labute approximate surface area is 177 Å². The Morgan fingerprint density at radius 1 is 0.867 bits per heavy atom. The molecule has 0 aromatic heterocycles. The van der Waals surface area contributed by atoms with E-state index in [1.54, 1.807) is 78.9 Å².